The van der Waals surface area contributed by atoms with Gasteiger partial charge in [-0.05, 0) is 0 Å². The lowest BCUT2D eigenvalue weighted by atomic mass is 10.2. The highest BCUT2D eigenvalue weighted by molar-refractivity contribution is 8.05. The Labute approximate surface area is 106 Å². The van der Waals surface area contributed by atoms with E-state index in [1.165, 1.54) is 0 Å². The number of alkyl halides is 8. The topological polar surface area (TPSA) is 71.5 Å². The summed E-state index contributed by atoms with van der Waals surface area (Å²) in [4.78, 5) is 0. The summed E-state index contributed by atoms with van der Waals surface area (Å²) in [6.07, 6.45) is 0. The van der Waals surface area contributed by atoms with Crippen LogP contribution in [-0.2, 0) is 20.0 Å². The molecule has 0 aromatic rings. The summed E-state index contributed by atoms with van der Waals surface area (Å²) in [5.74, 6) is -14.3. The monoisotopic (exact) mass is 357 g/mol. The highest BCUT2D eigenvalue weighted by atomic mass is 32.3. The van der Waals surface area contributed by atoms with Gasteiger partial charge in [0.1, 0.15) is 0 Å². The molecule has 20 heavy (non-hydrogen) atoms. The van der Waals surface area contributed by atoms with E-state index in [0.717, 1.165) is 0 Å². The third-order valence-corrected chi connectivity index (χ3v) is 6.79. The molecule has 1 rings (SSSR count). The molecule has 1 saturated heterocycles. The van der Waals surface area contributed by atoms with Gasteiger partial charge in [0.2, 0.25) is 0 Å². The van der Waals surface area contributed by atoms with Crippen molar-refractivity contribution in [2.45, 2.75) is 22.4 Å². The lowest BCUT2D eigenvalue weighted by molar-refractivity contribution is -0.324. The number of hydrogen-bond donors (Lipinski definition) is 0. The molecule has 0 saturated carbocycles. The van der Waals surface area contributed by atoms with Crippen molar-refractivity contribution >= 4 is 20.0 Å². The van der Waals surface area contributed by atoms with Gasteiger partial charge >= 0.3 is 22.4 Å². The van der Waals surface area contributed by atoms with E-state index < -0.39 is 53.2 Å². The zero-order chi connectivity index (χ0) is 16.6. The van der Waals surface area contributed by atoms with Crippen molar-refractivity contribution in [2.75, 3.05) is 7.05 Å². The maximum Gasteiger partial charge on any atom is 0.428 e. The van der Waals surface area contributed by atoms with Crippen molar-refractivity contribution in [1.29, 1.82) is 0 Å². The maximum atomic E-state index is 13.0. The van der Waals surface area contributed by atoms with Crippen molar-refractivity contribution in [3.63, 3.8) is 0 Å². The van der Waals surface area contributed by atoms with Crippen LogP contribution in [0.15, 0.2) is 0 Å². The predicted octanol–water partition coefficient (Wildman–Crippen LogP) is 1.05. The van der Waals surface area contributed by atoms with E-state index in [2.05, 4.69) is 0 Å². The summed E-state index contributed by atoms with van der Waals surface area (Å²) in [5, 5.41) is -13.5. The number of sulfonamides is 2. The molecule has 15 heteroatoms. The number of halogens is 8. The molecule has 1 fully saturated rings. The van der Waals surface area contributed by atoms with Gasteiger partial charge in [0.05, 0.1) is 0 Å². The first-order valence-electron chi connectivity index (χ1n) is 4.15. The summed E-state index contributed by atoms with van der Waals surface area (Å²) < 4.78 is 145. The Hall–Kier alpha value is -0.700. The summed E-state index contributed by atoms with van der Waals surface area (Å²) in [5.41, 5.74) is 0. The highest BCUT2D eigenvalue weighted by Gasteiger charge is 2.91. The Bertz CT molecular complexity index is 582. The van der Waals surface area contributed by atoms with E-state index in [9.17, 15) is 52.0 Å². The van der Waals surface area contributed by atoms with Gasteiger partial charge in [0, 0.05) is 7.05 Å². The van der Waals surface area contributed by atoms with Gasteiger partial charge in [-0.2, -0.15) is 35.1 Å². The summed E-state index contributed by atoms with van der Waals surface area (Å²) >= 11 is 0. The van der Waals surface area contributed by atoms with Crippen molar-refractivity contribution < 1.29 is 52.0 Å². The number of nitrogens with zero attached hydrogens (tertiary/aromatic N) is 1. The van der Waals surface area contributed by atoms with Gasteiger partial charge in [-0.1, -0.05) is 3.71 Å². The molecule has 0 amide bonds. The second kappa shape index (κ2) is 3.73. The van der Waals surface area contributed by atoms with Crippen molar-refractivity contribution in [3.8, 4) is 0 Å². The lowest BCUT2D eigenvalue weighted by Gasteiger charge is -2.30. The minimum absolute atomic E-state index is 0.482. The van der Waals surface area contributed by atoms with Crippen LogP contribution < -0.4 is 0 Å². The van der Waals surface area contributed by atoms with E-state index in [1.54, 1.807) is 0 Å². The molecule has 0 aromatic heterocycles. The van der Waals surface area contributed by atoms with Gasteiger partial charge in [-0.15, -0.1) is 0 Å². The van der Waals surface area contributed by atoms with Gasteiger partial charge in [0.15, 0.2) is 0 Å². The average molecular weight is 357 g/mol. The molecule has 0 aromatic carbocycles. The Morgan fingerprint density at radius 1 is 0.650 bits per heavy atom. The zero-order valence-corrected chi connectivity index (χ0v) is 10.6. The molecule has 0 bridgehead atoms. The third kappa shape index (κ3) is 1.45. The molecule has 1 heterocycles. The molecule has 0 N–H and O–H groups in total. The number of rotatable bonds is 0. The molecular weight excluding hydrogens is 354 g/mol. The van der Waals surface area contributed by atoms with E-state index in [0.29, 0.717) is 0 Å². The quantitative estimate of drug-likeness (QED) is 0.608. The van der Waals surface area contributed by atoms with Crippen LogP contribution in [-0.4, -0.2) is 49.9 Å². The van der Waals surface area contributed by atoms with Gasteiger partial charge in [0.25, 0.3) is 20.0 Å². The third-order valence-electron chi connectivity index (χ3n) is 2.45. The van der Waals surface area contributed by atoms with Crippen LogP contribution in [0.1, 0.15) is 0 Å². The first-order chi connectivity index (χ1) is 8.40. The summed E-state index contributed by atoms with van der Waals surface area (Å²) in [6, 6.07) is 0. The minimum Gasteiger partial charge on any atom is -0.205 e. The fourth-order valence-corrected chi connectivity index (χ4v) is 4.29. The molecule has 0 spiro atoms. The van der Waals surface area contributed by atoms with Crippen molar-refractivity contribution in [2.24, 2.45) is 0 Å². The Morgan fingerprint density at radius 3 is 1.05 bits per heavy atom. The van der Waals surface area contributed by atoms with Crippen LogP contribution in [0.4, 0.5) is 35.1 Å². The highest BCUT2D eigenvalue weighted by Crippen LogP contribution is 2.59. The maximum absolute atomic E-state index is 13.0. The van der Waals surface area contributed by atoms with Crippen LogP contribution in [0.3, 0.4) is 0 Å². The van der Waals surface area contributed by atoms with Crippen LogP contribution in [0.2, 0.25) is 0 Å². The molecule has 1 aliphatic heterocycles. The molecule has 0 atom stereocenters. The lowest BCUT2D eigenvalue weighted by Crippen LogP contribution is -2.62. The van der Waals surface area contributed by atoms with E-state index in [4.69, 9.17) is 0 Å². The Balaban J connectivity index is 4.04. The van der Waals surface area contributed by atoms with Crippen LogP contribution in [0.5, 0.6) is 0 Å². The van der Waals surface area contributed by atoms with E-state index in [1.807, 2.05) is 0 Å². The van der Waals surface area contributed by atoms with Gasteiger partial charge in [-0.3, -0.25) is 0 Å². The molecule has 1 aliphatic rings. The van der Waals surface area contributed by atoms with Gasteiger partial charge < -0.3 is 0 Å². The molecule has 0 radical (unpaired) electrons. The van der Waals surface area contributed by atoms with Crippen molar-refractivity contribution in [3.05, 3.63) is 0 Å². The van der Waals surface area contributed by atoms with E-state index in [-0.39, 0.29) is 0 Å². The van der Waals surface area contributed by atoms with Crippen LogP contribution in [0, 0.1) is 0 Å². The second-order valence-corrected chi connectivity index (χ2v) is 7.82. The number of hydrogen-bond acceptors (Lipinski definition) is 4. The van der Waals surface area contributed by atoms with E-state index >= 15 is 0 Å². The molecule has 0 unspecified atom stereocenters. The van der Waals surface area contributed by atoms with Crippen LogP contribution >= 0.6 is 0 Å². The first-order valence-corrected chi connectivity index (χ1v) is 7.03. The summed E-state index contributed by atoms with van der Waals surface area (Å²) in [6.45, 7) is 0. The average Bonchev–Trinajstić information content (AvgIpc) is 2.25. The first kappa shape index (κ1) is 17.4. The molecule has 120 valence electrons. The molecular formula is C5H3F8NO4S2. The minimum atomic E-state index is -7.17. The van der Waals surface area contributed by atoms with Crippen LogP contribution in [0.25, 0.3) is 0 Å². The molecule has 5 nitrogen and oxygen atoms in total. The molecule has 0 aliphatic carbocycles. The van der Waals surface area contributed by atoms with Gasteiger partial charge in [-0.25, -0.2) is 16.8 Å². The Kier molecular flexibility index (Phi) is 3.24. The fourth-order valence-electron chi connectivity index (χ4n) is 1.14. The largest absolute Gasteiger partial charge is 0.428 e. The Morgan fingerprint density at radius 2 is 0.850 bits per heavy atom. The predicted molar refractivity (Wildman–Crippen MR) is 45.4 cm³/mol. The SMILES string of the molecule is CN1S(=O)(=O)C(F)(F)C(F)(F)C(F)(F)C(F)(F)S1(=O)=O. The smallest absolute Gasteiger partial charge is 0.205 e. The second-order valence-electron chi connectivity index (χ2n) is 3.57. The standard InChI is InChI=1S/C5H3F8NO4S2/c1-14-19(15,16)4(10,11)2(6,7)3(8,9)5(12,13)20(14,17)18/h1H3. The zero-order valence-electron chi connectivity index (χ0n) is 8.92. The normalized spacial score (nSPS) is 33.2. The summed E-state index contributed by atoms with van der Waals surface area (Å²) in [7, 11) is -14.5. The fraction of sp³-hybridized carbons (Fsp3) is 1.00. The van der Waals surface area contributed by atoms with Crippen molar-refractivity contribution in [1.82, 2.24) is 3.71 Å².